The summed E-state index contributed by atoms with van der Waals surface area (Å²) in [6.07, 6.45) is 2.05. The Morgan fingerprint density at radius 2 is 2.00 bits per heavy atom. The maximum Gasteiger partial charge on any atom is 0.0687 e. The van der Waals surface area contributed by atoms with E-state index in [-0.39, 0.29) is 0 Å². The molecule has 0 saturated carbocycles. The molecule has 1 aromatic rings. The fraction of sp³-hybridized carbons (Fsp3) is 0.455. The zero-order valence-electron chi connectivity index (χ0n) is 9.04. The van der Waals surface area contributed by atoms with E-state index in [1.807, 2.05) is 25.4 Å². The van der Waals surface area contributed by atoms with Crippen molar-refractivity contribution in [3.05, 3.63) is 28.8 Å². The van der Waals surface area contributed by atoms with Crippen molar-refractivity contribution >= 4 is 29.2 Å². The molecule has 0 amide bonds. The molecule has 0 atom stereocenters. The van der Waals surface area contributed by atoms with Crippen LogP contribution in [0.1, 0.15) is 25.3 Å². The van der Waals surface area contributed by atoms with Gasteiger partial charge < -0.3 is 4.31 Å². The lowest BCUT2D eigenvalue weighted by molar-refractivity contribution is 0.865. The van der Waals surface area contributed by atoms with Gasteiger partial charge in [-0.05, 0) is 17.5 Å². The summed E-state index contributed by atoms with van der Waals surface area (Å²) in [4.78, 5) is 0. The van der Waals surface area contributed by atoms with Crippen LogP contribution in [0.2, 0.25) is 5.02 Å². The molecule has 0 bridgehead atoms. The molecule has 0 unspecified atom stereocenters. The van der Waals surface area contributed by atoms with Crippen LogP contribution in [0.3, 0.4) is 0 Å². The van der Waals surface area contributed by atoms with Gasteiger partial charge in [0, 0.05) is 13.3 Å². The first kappa shape index (κ1) is 11.7. The van der Waals surface area contributed by atoms with Crippen molar-refractivity contribution < 1.29 is 0 Å². The Morgan fingerprint density at radius 3 is 2.50 bits per heavy atom. The first-order valence-corrected chi connectivity index (χ1v) is 6.20. The van der Waals surface area contributed by atoms with E-state index in [1.165, 1.54) is 5.56 Å². The van der Waals surface area contributed by atoms with E-state index in [9.17, 15) is 0 Å². The van der Waals surface area contributed by atoms with Gasteiger partial charge in [-0.3, -0.25) is 0 Å². The predicted molar refractivity (Wildman–Crippen MR) is 67.5 cm³/mol. The second kappa shape index (κ2) is 4.94. The van der Waals surface area contributed by atoms with Crippen molar-refractivity contribution in [1.82, 2.24) is 0 Å². The highest BCUT2D eigenvalue weighted by atomic mass is 35.5. The zero-order chi connectivity index (χ0) is 10.7. The van der Waals surface area contributed by atoms with E-state index in [0.29, 0.717) is 5.92 Å². The highest BCUT2D eigenvalue weighted by molar-refractivity contribution is 7.99. The number of hydrogen-bond acceptors (Lipinski definition) is 2. The molecular weight excluding hydrogens is 214 g/mol. The van der Waals surface area contributed by atoms with Gasteiger partial charge in [0.05, 0.1) is 10.7 Å². The molecule has 0 heterocycles. The van der Waals surface area contributed by atoms with E-state index in [1.54, 1.807) is 11.9 Å². The molecule has 14 heavy (non-hydrogen) atoms. The van der Waals surface area contributed by atoms with Crippen LogP contribution in [0, 0.1) is 0 Å². The Hall–Kier alpha value is -0.340. The summed E-state index contributed by atoms with van der Waals surface area (Å²) in [6, 6.07) is 6.09. The number of rotatable bonds is 3. The van der Waals surface area contributed by atoms with Gasteiger partial charge in [-0.25, -0.2) is 0 Å². The highest BCUT2D eigenvalue weighted by Gasteiger charge is 2.13. The molecule has 1 rings (SSSR count). The van der Waals surface area contributed by atoms with Crippen molar-refractivity contribution in [3.8, 4) is 0 Å². The second-order valence-electron chi connectivity index (χ2n) is 3.51. The normalized spacial score (nSPS) is 10.7. The molecule has 0 N–H and O–H groups in total. The monoisotopic (exact) mass is 229 g/mol. The molecule has 0 aliphatic rings. The summed E-state index contributed by atoms with van der Waals surface area (Å²) in [5.74, 6) is 0.498. The molecule has 0 fully saturated rings. The minimum Gasteiger partial charge on any atom is -0.318 e. The number of para-hydroxylation sites is 1. The minimum absolute atomic E-state index is 0.498. The molecule has 0 saturated heterocycles. The van der Waals surface area contributed by atoms with Crippen molar-refractivity contribution in [2.24, 2.45) is 0 Å². The number of anilines is 1. The molecule has 3 heteroatoms. The molecule has 0 radical (unpaired) electrons. The maximum absolute atomic E-state index is 6.19. The van der Waals surface area contributed by atoms with Gasteiger partial charge in [-0.1, -0.05) is 49.5 Å². The quantitative estimate of drug-likeness (QED) is 0.716. The number of halogens is 1. The van der Waals surface area contributed by atoms with Gasteiger partial charge in [-0.2, -0.15) is 0 Å². The smallest absolute Gasteiger partial charge is 0.0687 e. The molecule has 0 aliphatic heterocycles. The first-order chi connectivity index (χ1) is 6.57. The van der Waals surface area contributed by atoms with Crippen molar-refractivity contribution in [2.45, 2.75) is 19.8 Å². The zero-order valence-corrected chi connectivity index (χ0v) is 10.6. The summed E-state index contributed by atoms with van der Waals surface area (Å²) in [5.41, 5.74) is 2.44. The largest absolute Gasteiger partial charge is 0.318 e. The summed E-state index contributed by atoms with van der Waals surface area (Å²) in [5, 5.41) is 0.827. The molecule has 0 spiro atoms. The Morgan fingerprint density at radius 1 is 1.36 bits per heavy atom. The lowest BCUT2D eigenvalue weighted by Gasteiger charge is -2.22. The predicted octanol–water partition coefficient (Wildman–Crippen LogP) is 4.18. The van der Waals surface area contributed by atoms with Crippen LogP contribution in [0.4, 0.5) is 5.69 Å². The van der Waals surface area contributed by atoms with Gasteiger partial charge in [0.2, 0.25) is 0 Å². The summed E-state index contributed by atoms with van der Waals surface area (Å²) in [6.45, 7) is 4.37. The van der Waals surface area contributed by atoms with Crippen LogP contribution in [-0.4, -0.2) is 13.3 Å². The third-order valence-electron chi connectivity index (χ3n) is 2.23. The van der Waals surface area contributed by atoms with Crippen LogP contribution in [0.5, 0.6) is 0 Å². The van der Waals surface area contributed by atoms with E-state index >= 15 is 0 Å². The van der Waals surface area contributed by atoms with E-state index in [0.717, 1.165) is 10.7 Å². The van der Waals surface area contributed by atoms with Gasteiger partial charge in [0.1, 0.15) is 0 Å². The fourth-order valence-electron chi connectivity index (χ4n) is 1.42. The summed E-state index contributed by atoms with van der Waals surface area (Å²) < 4.78 is 2.11. The average molecular weight is 230 g/mol. The van der Waals surface area contributed by atoms with Crippen molar-refractivity contribution in [3.63, 3.8) is 0 Å². The van der Waals surface area contributed by atoms with E-state index in [2.05, 4.69) is 24.2 Å². The molecule has 1 aromatic carbocycles. The Balaban J connectivity index is 3.22. The molecule has 0 aromatic heterocycles. The molecule has 78 valence electrons. The van der Waals surface area contributed by atoms with Gasteiger partial charge >= 0.3 is 0 Å². The van der Waals surface area contributed by atoms with E-state index < -0.39 is 0 Å². The molecular formula is C11H16ClNS. The summed E-state index contributed by atoms with van der Waals surface area (Å²) in [7, 11) is 2.04. The average Bonchev–Trinajstić information content (AvgIpc) is 2.16. The Bertz CT molecular complexity index is 312. The van der Waals surface area contributed by atoms with Crippen molar-refractivity contribution in [2.75, 3.05) is 17.6 Å². The van der Waals surface area contributed by atoms with Gasteiger partial charge in [-0.15, -0.1) is 0 Å². The number of nitrogens with zero attached hydrogens (tertiary/aromatic N) is 1. The fourth-order valence-corrected chi connectivity index (χ4v) is 2.17. The van der Waals surface area contributed by atoms with Crippen LogP contribution in [-0.2, 0) is 0 Å². The van der Waals surface area contributed by atoms with Crippen LogP contribution in [0.15, 0.2) is 18.2 Å². The van der Waals surface area contributed by atoms with Crippen LogP contribution in [0.25, 0.3) is 0 Å². The van der Waals surface area contributed by atoms with Crippen LogP contribution < -0.4 is 4.31 Å². The Kier molecular flexibility index (Phi) is 4.14. The SMILES string of the molecule is CSN(C)c1c(Cl)cccc1C(C)C. The molecule has 1 nitrogen and oxygen atoms in total. The third-order valence-corrected chi connectivity index (χ3v) is 3.26. The maximum atomic E-state index is 6.19. The lowest BCUT2D eigenvalue weighted by atomic mass is 10.0. The van der Waals surface area contributed by atoms with Crippen LogP contribution >= 0.6 is 23.5 Å². The second-order valence-corrected chi connectivity index (χ2v) is 4.83. The van der Waals surface area contributed by atoms with E-state index in [4.69, 9.17) is 11.6 Å². The first-order valence-electron chi connectivity index (χ1n) is 4.64. The topological polar surface area (TPSA) is 3.24 Å². The Labute approximate surface area is 95.6 Å². The highest BCUT2D eigenvalue weighted by Crippen LogP contribution is 2.35. The minimum atomic E-state index is 0.498. The number of hydrogen-bond donors (Lipinski definition) is 0. The van der Waals surface area contributed by atoms with Crippen molar-refractivity contribution in [1.29, 1.82) is 0 Å². The summed E-state index contributed by atoms with van der Waals surface area (Å²) >= 11 is 7.86. The van der Waals surface area contributed by atoms with Gasteiger partial charge in [0.25, 0.3) is 0 Å². The number of benzene rings is 1. The standard InChI is InChI=1S/C11H16ClNS/c1-8(2)9-6-5-7-10(12)11(9)13(3)14-4/h5-8H,1-4H3. The lowest BCUT2D eigenvalue weighted by Crippen LogP contribution is -2.09. The third kappa shape index (κ3) is 2.37. The van der Waals surface area contributed by atoms with Gasteiger partial charge in [0.15, 0.2) is 0 Å². The molecule has 0 aliphatic carbocycles.